The van der Waals surface area contributed by atoms with Crippen molar-refractivity contribution in [3.05, 3.63) is 18.5 Å². The summed E-state index contributed by atoms with van der Waals surface area (Å²) < 4.78 is 7.40. The molecule has 0 atom stereocenters. The van der Waals surface area contributed by atoms with Crippen LogP contribution in [0.25, 0.3) is 0 Å². The number of hydrogen-bond donors (Lipinski definition) is 1. The van der Waals surface area contributed by atoms with Crippen LogP contribution < -0.4 is 5.32 Å². The third-order valence-corrected chi connectivity index (χ3v) is 2.28. The molecule has 0 unspecified atom stereocenters. The molecule has 1 rings (SSSR count). The summed E-state index contributed by atoms with van der Waals surface area (Å²) in [5, 5.41) is 7.53. The van der Waals surface area contributed by atoms with Crippen molar-refractivity contribution in [2.75, 3.05) is 19.7 Å². The Bertz CT molecular complexity index is 247. The molecule has 1 aromatic rings. The Labute approximate surface area is 98.0 Å². The van der Waals surface area contributed by atoms with Gasteiger partial charge in [0, 0.05) is 25.5 Å². The van der Waals surface area contributed by atoms with Crippen LogP contribution >= 0.6 is 0 Å². The number of aromatic nitrogens is 2. The molecule has 0 amide bonds. The maximum absolute atomic E-state index is 5.47. The molecular formula is C12H23N3O. The second-order valence-electron chi connectivity index (χ2n) is 4.15. The first-order valence-corrected chi connectivity index (χ1v) is 6.09. The first-order valence-electron chi connectivity index (χ1n) is 6.09. The van der Waals surface area contributed by atoms with Crippen molar-refractivity contribution in [1.29, 1.82) is 0 Å². The van der Waals surface area contributed by atoms with E-state index in [2.05, 4.69) is 24.3 Å². The second-order valence-corrected chi connectivity index (χ2v) is 4.15. The van der Waals surface area contributed by atoms with Crippen molar-refractivity contribution >= 4 is 0 Å². The summed E-state index contributed by atoms with van der Waals surface area (Å²) >= 11 is 0. The molecule has 1 aromatic heterocycles. The van der Waals surface area contributed by atoms with Gasteiger partial charge in [0.25, 0.3) is 0 Å². The Hall–Kier alpha value is -0.870. The molecule has 16 heavy (non-hydrogen) atoms. The van der Waals surface area contributed by atoms with Gasteiger partial charge in [0.15, 0.2) is 0 Å². The standard InChI is InChI=1S/C12H23N3O/c1-12(2)16-11-4-3-6-13-8-10-15-9-5-7-14-15/h5,7,9,12-13H,3-4,6,8,10-11H2,1-2H3. The summed E-state index contributed by atoms with van der Waals surface area (Å²) in [7, 11) is 0. The minimum Gasteiger partial charge on any atom is -0.379 e. The third-order valence-electron chi connectivity index (χ3n) is 2.28. The highest BCUT2D eigenvalue weighted by Crippen LogP contribution is 1.93. The summed E-state index contributed by atoms with van der Waals surface area (Å²) in [6, 6.07) is 1.95. The lowest BCUT2D eigenvalue weighted by Crippen LogP contribution is -2.21. The van der Waals surface area contributed by atoms with Gasteiger partial charge in [0.05, 0.1) is 12.6 Å². The van der Waals surface area contributed by atoms with Crippen LogP contribution in [0, 0.1) is 0 Å². The normalized spacial score (nSPS) is 11.2. The SMILES string of the molecule is CC(C)OCCCCNCCn1cccn1. The van der Waals surface area contributed by atoms with Gasteiger partial charge in [-0.15, -0.1) is 0 Å². The summed E-state index contributed by atoms with van der Waals surface area (Å²) in [5.74, 6) is 0. The molecule has 1 heterocycles. The van der Waals surface area contributed by atoms with Crippen LogP contribution in [-0.2, 0) is 11.3 Å². The van der Waals surface area contributed by atoms with Crippen molar-refractivity contribution < 1.29 is 4.74 Å². The molecule has 0 bridgehead atoms. The highest BCUT2D eigenvalue weighted by Gasteiger charge is 1.94. The van der Waals surface area contributed by atoms with Gasteiger partial charge < -0.3 is 10.1 Å². The van der Waals surface area contributed by atoms with Gasteiger partial charge in [-0.3, -0.25) is 4.68 Å². The van der Waals surface area contributed by atoms with Crippen molar-refractivity contribution in [2.45, 2.75) is 39.3 Å². The van der Waals surface area contributed by atoms with Gasteiger partial charge in [0.2, 0.25) is 0 Å². The van der Waals surface area contributed by atoms with E-state index in [1.54, 1.807) is 0 Å². The summed E-state index contributed by atoms with van der Waals surface area (Å²) in [6.07, 6.45) is 6.45. The van der Waals surface area contributed by atoms with Crippen LogP contribution in [-0.4, -0.2) is 35.6 Å². The van der Waals surface area contributed by atoms with Gasteiger partial charge in [-0.2, -0.15) is 5.10 Å². The van der Waals surface area contributed by atoms with Crippen molar-refractivity contribution in [2.24, 2.45) is 0 Å². The largest absolute Gasteiger partial charge is 0.379 e. The highest BCUT2D eigenvalue weighted by atomic mass is 16.5. The zero-order valence-electron chi connectivity index (χ0n) is 10.4. The maximum atomic E-state index is 5.47. The molecule has 0 aliphatic rings. The smallest absolute Gasteiger partial charge is 0.0533 e. The Morgan fingerprint density at radius 1 is 1.31 bits per heavy atom. The molecule has 0 spiro atoms. The van der Waals surface area contributed by atoms with Crippen molar-refractivity contribution in [3.8, 4) is 0 Å². The minimum atomic E-state index is 0.354. The lowest BCUT2D eigenvalue weighted by Gasteiger charge is -2.07. The topological polar surface area (TPSA) is 39.1 Å². The van der Waals surface area contributed by atoms with Crippen LogP contribution in [0.2, 0.25) is 0 Å². The van der Waals surface area contributed by atoms with Crippen LogP contribution in [0.15, 0.2) is 18.5 Å². The van der Waals surface area contributed by atoms with E-state index in [-0.39, 0.29) is 0 Å². The fourth-order valence-corrected chi connectivity index (χ4v) is 1.42. The summed E-state index contributed by atoms with van der Waals surface area (Å²) in [6.45, 7) is 7.99. The zero-order chi connectivity index (χ0) is 11.6. The first kappa shape index (κ1) is 13.2. The van der Waals surface area contributed by atoms with E-state index in [4.69, 9.17) is 4.74 Å². The van der Waals surface area contributed by atoms with Gasteiger partial charge >= 0.3 is 0 Å². The molecule has 0 radical (unpaired) electrons. The lowest BCUT2D eigenvalue weighted by atomic mass is 10.3. The Morgan fingerprint density at radius 2 is 2.19 bits per heavy atom. The molecular weight excluding hydrogens is 202 g/mol. The van der Waals surface area contributed by atoms with Crippen LogP contribution in [0.1, 0.15) is 26.7 Å². The van der Waals surface area contributed by atoms with E-state index >= 15 is 0 Å². The first-order chi connectivity index (χ1) is 7.79. The number of nitrogens with zero attached hydrogens (tertiary/aromatic N) is 2. The summed E-state index contributed by atoms with van der Waals surface area (Å²) in [5.41, 5.74) is 0. The second kappa shape index (κ2) is 8.30. The van der Waals surface area contributed by atoms with E-state index in [0.29, 0.717) is 6.10 Å². The predicted molar refractivity (Wildman–Crippen MR) is 65.4 cm³/mol. The van der Waals surface area contributed by atoms with E-state index < -0.39 is 0 Å². The molecule has 92 valence electrons. The van der Waals surface area contributed by atoms with Crippen LogP contribution in [0.3, 0.4) is 0 Å². The molecule has 0 aliphatic heterocycles. The Morgan fingerprint density at radius 3 is 2.88 bits per heavy atom. The molecule has 1 N–H and O–H groups in total. The fourth-order valence-electron chi connectivity index (χ4n) is 1.42. The van der Waals surface area contributed by atoms with E-state index in [1.165, 1.54) is 6.42 Å². The number of rotatable bonds is 9. The number of ether oxygens (including phenoxy) is 1. The number of hydrogen-bond acceptors (Lipinski definition) is 3. The average Bonchev–Trinajstić information content (AvgIpc) is 2.74. The van der Waals surface area contributed by atoms with E-state index in [0.717, 1.165) is 32.7 Å². The van der Waals surface area contributed by atoms with Crippen molar-refractivity contribution in [1.82, 2.24) is 15.1 Å². The van der Waals surface area contributed by atoms with Gasteiger partial charge in [-0.1, -0.05) is 0 Å². The highest BCUT2D eigenvalue weighted by molar-refractivity contribution is 4.77. The monoisotopic (exact) mass is 225 g/mol. The third kappa shape index (κ3) is 6.58. The molecule has 4 heteroatoms. The number of unbranched alkanes of at least 4 members (excludes halogenated alkanes) is 1. The van der Waals surface area contributed by atoms with Gasteiger partial charge in [-0.05, 0) is 39.3 Å². The molecule has 0 saturated heterocycles. The van der Waals surface area contributed by atoms with Crippen LogP contribution in [0.5, 0.6) is 0 Å². The molecule has 4 nitrogen and oxygen atoms in total. The number of nitrogens with one attached hydrogen (secondary N) is 1. The lowest BCUT2D eigenvalue weighted by molar-refractivity contribution is 0.0760. The Balaban J connectivity index is 1.82. The molecule has 0 aromatic carbocycles. The van der Waals surface area contributed by atoms with E-state index in [9.17, 15) is 0 Å². The van der Waals surface area contributed by atoms with Gasteiger partial charge in [0.1, 0.15) is 0 Å². The fraction of sp³-hybridized carbons (Fsp3) is 0.750. The maximum Gasteiger partial charge on any atom is 0.0533 e. The van der Waals surface area contributed by atoms with Gasteiger partial charge in [-0.25, -0.2) is 0 Å². The average molecular weight is 225 g/mol. The van der Waals surface area contributed by atoms with Crippen LogP contribution in [0.4, 0.5) is 0 Å². The molecule has 0 aliphatic carbocycles. The van der Waals surface area contributed by atoms with E-state index in [1.807, 2.05) is 23.1 Å². The Kier molecular flexibility index (Phi) is 6.85. The van der Waals surface area contributed by atoms with Crippen molar-refractivity contribution in [3.63, 3.8) is 0 Å². The molecule has 0 saturated carbocycles. The quantitative estimate of drug-likeness (QED) is 0.650. The predicted octanol–water partition coefficient (Wildman–Crippen LogP) is 1.68. The molecule has 0 fully saturated rings. The zero-order valence-corrected chi connectivity index (χ0v) is 10.4. The minimum absolute atomic E-state index is 0.354. The summed E-state index contributed by atoms with van der Waals surface area (Å²) in [4.78, 5) is 0.